The topological polar surface area (TPSA) is 31.6 Å². The molecule has 2 heterocycles. The van der Waals surface area contributed by atoms with Crippen LogP contribution in [-0.2, 0) is 0 Å². The van der Waals surface area contributed by atoms with Crippen LogP contribution >= 0.6 is 0 Å². The summed E-state index contributed by atoms with van der Waals surface area (Å²) in [6, 6.07) is 35.5. The van der Waals surface area contributed by atoms with Gasteiger partial charge in [-0.1, -0.05) is 84.9 Å². The van der Waals surface area contributed by atoms with Crippen LogP contribution in [0.4, 0.5) is 0 Å². The van der Waals surface area contributed by atoms with Gasteiger partial charge in [0.15, 0.2) is 0 Å². The van der Waals surface area contributed by atoms with Gasteiger partial charge in [0.25, 0.3) is 0 Å². The van der Waals surface area contributed by atoms with Gasteiger partial charge in [0, 0.05) is 44.8 Å². The molecule has 2 N–H and O–H groups in total. The summed E-state index contributed by atoms with van der Waals surface area (Å²) in [6.07, 6.45) is 0. The van der Waals surface area contributed by atoms with Gasteiger partial charge in [-0.15, -0.1) is 0 Å². The monoisotopic (exact) mass is 408 g/mol. The van der Waals surface area contributed by atoms with E-state index in [1.54, 1.807) is 0 Å². The molecule has 8 rings (SSSR count). The highest BCUT2D eigenvalue weighted by Gasteiger charge is 2.44. The van der Waals surface area contributed by atoms with Crippen molar-refractivity contribution < 1.29 is 0 Å². The number of hydrogen-bond donors (Lipinski definition) is 2. The first-order valence-corrected chi connectivity index (χ1v) is 11.3. The molecule has 2 aliphatic carbocycles. The fourth-order valence-electron chi connectivity index (χ4n) is 6.39. The Kier molecular flexibility index (Phi) is 3.01. The lowest BCUT2D eigenvalue weighted by molar-refractivity contribution is 0.733. The third-order valence-corrected chi connectivity index (χ3v) is 7.58. The quantitative estimate of drug-likeness (QED) is 0.281. The Balaban J connectivity index is 1.51. The Labute approximate surface area is 185 Å². The van der Waals surface area contributed by atoms with Crippen LogP contribution in [0.15, 0.2) is 97.1 Å². The van der Waals surface area contributed by atoms with Crippen LogP contribution < -0.4 is 0 Å². The first kappa shape index (κ1) is 16.6. The molecule has 0 saturated carbocycles. The number of benzene rings is 4. The summed E-state index contributed by atoms with van der Waals surface area (Å²) in [4.78, 5) is 7.51. The van der Waals surface area contributed by atoms with E-state index in [1.807, 2.05) is 0 Å². The number of nitrogens with one attached hydrogen (secondary N) is 2. The predicted molar refractivity (Wildman–Crippen MR) is 131 cm³/mol. The lowest BCUT2D eigenvalue weighted by atomic mass is 9.77. The third kappa shape index (κ3) is 1.91. The van der Waals surface area contributed by atoms with E-state index in [9.17, 15) is 0 Å². The average Bonchev–Trinajstić information content (AvgIpc) is 3.56. The fourth-order valence-corrected chi connectivity index (χ4v) is 6.39. The number of rotatable bonds is 1. The van der Waals surface area contributed by atoms with Gasteiger partial charge in [-0.3, -0.25) is 0 Å². The van der Waals surface area contributed by atoms with Crippen molar-refractivity contribution in [2.75, 3.05) is 0 Å². The standard InChI is InChI=1S/C30H20N2/c1-3-11-19-17(9-1)25(27-21-13-5-7-15-23(21)31-29(19)27)26-18-10-2-4-12-20(18)30-28(26)22-14-6-8-16-24(22)32-30/h1-16,25-26,31-32H. The van der Waals surface area contributed by atoms with E-state index < -0.39 is 0 Å². The van der Waals surface area contributed by atoms with Crippen molar-refractivity contribution in [1.82, 2.24) is 9.97 Å². The van der Waals surface area contributed by atoms with Gasteiger partial charge in [0.1, 0.15) is 0 Å². The molecule has 2 aliphatic rings. The van der Waals surface area contributed by atoms with Crippen LogP contribution in [0.3, 0.4) is 0 Å². The van der Waals surface area contributed by atoms with E-state index in [4.69, 9.17) is 0 Å². The molecule has 2 nitrogen and oxygen atoms in total. The van der Waals surface area contributed by atoms with Crippen molar-refractivity contribution in [1.29, 1.82) is 0 Å². The van der Waals surface area contributed by atoms with E-state index in [2.05, 4.69) is 107 Å². The smallest absolute Gasteiger partial charge is 0.0507 e. The van der Waals surface area contributed by atoms with Crippen molar-refractivity contribution >= 4 is 21.8 Å². The summed E-state index contributed by atoms with van der Waals surface area (Å²) in [5, 5.41) is 2.68. The number of hydrogen-bond acceptors (Lipinski definition) is 0. The maximum absolute atomic E-state index is 3.76. The van der Waals surface area contributed by atoms with E-state index in [1.165, 1.54) is 66.6 Å². The van der Waals surface area contributed by atoms with Crippen molar-refractivity contribution in [3.05, 3.63) is 119 Å². The molecule has 4 aromatic carbocycles. The summed E-state index contributed by atoms with van der Waals surface area (Å²) in [5.41, 5.74) is 13.5. The molecular formula is C30H20N2. The zero-order valence-electron chi connectivity index (χ0n) is 17.4. The van der Waals surface area contributed by atoms with Crippen LogP contribution in [0.2, 0.25) is 0 Å². The van der Waals surface area contributed by atoms with Crippen LogP contribution in [0.25, 0.3) is 44.3 Å². The highest BCUT2D eigenvalue weighted by atomic mass is 14.8. The van der Waals surface area contributed by atoms with Crippen molar-refractivity contribution in [3.8, 4) is 22.5 Å². The maximum atomic E-state index is 3.76. The molecule has 0 radical (unpaired) electrons. The average molecular weight is 409 g/mol. The Morgan fingerprint density at radius 1 is 0.438 bits per heavy atom. The predicted octanol–water partition coefficient (Wildman–Crippen LogP) is 7.57. The first-order valence-electron chi connectivity index (χ1n) is 11.3. The molecule has 2 atom stereocenters. The van der Waals surface area contributed by atoms with Crippen molar-refractivity contribution in [2.45, 2.75) is 11.8 Å². The minimum Gasteiger partial charge on any atom is -0.354 e. The molecular weight excluding hydrogens is 388 g/mol. The van der Waals surface area contributed by atoms with Gasteiger partial charge in [-0.2, -0.15) is 0 Å². The highest BCUT2D eigenvalue weighted by molar-refractivity contribution is 6.00. The van der Waals surface area contributed by atoms with Gasteiger partial charge in [-0.25, -0.2) is 0 Å². The molecule has 150 valence electrons. The zero-order chi connectivity index (χ0) is 20.8. The number of H-pyrrole nitrogens is 2. The van der Waals surface area contributed by atoms with Gasteiger partial charge in [0.2, 0.25) is 0 Å². The molecule has 0 amide bonds. The molecule has 2 unspecified atom stereocenters. The van der Waals surface area contributed by atoms with Crippen molar-refractivity contribution in [3.63, 3.8) is 0 Å². The van der Waals surface area contributed by atoms with E-state index in [-0.39, 0.29) is 11.8 Å². The molecule has 2 heteroatoms. The first-order chi connectivity index (χ1) is 15.9. The lowest BCUT2D eigenvalue weighted by Gasteiger charge is -2.24. The Bertz CT molecular complexity index is 1570. The van der Waals surface area contributed by atoms with Gasteiger partial charge >= 0.3 is 0 Å². The Morgan fingerprint density at radius 2 is 0.844 bits per heavy atom. The summed E-state index contributed by atoms with van der Waals surface area (Å²) >= 11 is 0. The molecule has 2 aromatic heterocycles. The summed E-state index contributed by atoms with van der Waals surface area (Å²) < 4.78 is 0. The van der Waals surface area contributed by atoms with Crippen LogP contribution in [0.1, 0.15) is 34.1 Å². The highest BCUT2D eigenvalue weighted by Crippen LogP contribution is 2.60. The molecule has 0 saturated heterocycles. The van der Waals surface area contributed by atoms with Gasteiger partial charge in [-0.05, 0) is 34.4 Å². The number of para-hydroxylation sites is 2. The summed E-state index contributed by atoms with van der Waals surface area (Å²) in [6.45, 7) is 0. The normalized spacial score (nSPS) is 18.0. The van der Waals surface area contributed by atoms with E-state index >= 15 is 0 Å². The fraction of sp³-hybridized carbons (Fsp3) is 0.0667. The van der Waals surface area contributed by atoms with E-state index in [0.29, 0.717) is 0 Å². The Hall–Kier alpha value is -4.04. The van der Waals surface area contributed by atoms with Crippen molar-refractivity contribution in [2.24, 2.45) is 0 Å². The van der Waals surface area contributed by atoms with Gasteiger partial charge in [0.05, 0.1) is 11.4 Å². The third-order valence-electron chi connectivity index (χ3n) is 7.58. The largest absolute Gasteiger partial charge is 0.354 e. The number of aromatic nitrogens is 2. The van der Waals surface area contributed by atoms with Gasteiger partial charge < -0.3 is 9.97 Å². The minimum atomic E-state index is 0.277. The second kappa shape index (κ2) is 5.80. The second-order valence-electron chi connectivity index (χ2n) is 9.05. The zero-order valence-corrected chi connectivity index (χ0v) is 17.4. The number of fused-ring (bicyclic) bond motifs is 10. The summed E-state index contributed by atoms with van der Waals surface area (Å²) in [5.74, 6) is 0.554. The number of aromatic amines is 2. The van der Waals surface area contributed by atoms with Crippen LogP contribution in [0, 0.1) is 0 Å². The molecule has 6 aromatic rings. The second-order valence-corrected chi connectivity index (χ2v) is 9.05. The summed E-state index contributed by atoms with van der Waals surface area (Å²) in [7, 11) is 0. The lowest BCUT2D eigenvalue weighted by Crippen LogP contribution is -2.10. The van der Waals surface area contributed by atoms with Crippen LogP contribution in [0.5, 0.6) is 0 Å². The minimum absolute atomic E-state index is 0.277. The molecule has 0 bridgehead atoms. The maximum Gasteiger partial charge on any atom is 0.0507 e. The van der Waals surface area contributed by atoms with E-state index in [0.717, 1.165) is 0 Å². The Morgan fingerprint density at radius 3 is 1.34 bits per heavy atom. The van der Waals surface area contributed by atoms with Crippen LogP contribution in [-0.4, -0.2) is 9.97 Å². The molecule has 0 spiro atoms. The molecule has 0 fully saturated rings. The SMILES string of the molecule is c1ccc2c(c1)-c1[nH]c3ccccc3c1C2C1c2ccccc2-c2[nH]c3ccccc3c21. The molecule has 0 aliphatic heterocycles. The molecule has 32 heavy (non-hydrogen) atoms.